The van der Waals surface area contributed by atoms with Crippen LogP contribution in [0, 0.1) is 0 Å². The Balaban J connectivity index is 1.64. The van der Waals surface area contributed by atoms with Crippen molar-refractivity contribution in [1.82, 2.24) is 0 Å². The van der Waals surface area contributed by atoms with Crippen LogP contribution in [0.15, 0.2) is 90.5 Å². The minimum Gasteiger partial charge on any atom is -0.496 e. The smallest absolute Gasteiger partial charge is 0.133 e. The van der Waals surface area contributed by atoms with Gasteiger partial charge in [0.15, 0.2) is 0 Å². The van der Waals surface area contributed by atoms with Gasteiger partial charge in [-0.2, -0.15) is 0 Å². The van der Waals surface area contributed by atoms with Crippen LogP contribution in [0.25, 0.3) is 16.8 Å². The van der Waals surface area contributed by atoms with Crippen molar-refractivity contribution in [3.05, 3.63) is 118 Å². The van der Waals surface area contributed by atoms with E-state index >= 15 is 0 Å². The Hall–Kier alpha value is -3.65. The van der Waals surface area contributed by atoms with Gasteiger partial charge in [0.05, 0.1) is 7.11 Å². The lowest BCUT2D eigenvalue weighted by Gasteiger charge is -2.20. The number of allylic oxidation sites excluding steroid dienone is 1. The molecule has 1 atom stereocenters. The first kappa shape index (κ1) is 21.2. The third-order valence-corrected chi connectivity index (χ3v) is 6.61. The zero-order valence-electron chi connectivity index (χ0n) is 19.2. The number of carbonyl (C=O) groups excluding carboxylic acids is 1. The van der Waals surface area contributed by atoms with Crippen molar-refractivity contribution in [3.63, 3.8) is 0 Å². The molecule has 2 nitrogen and oxygen atoms in total. The monoisotopic (exact) mass is 432 g/mol. The maximum atomic E-state index is 12.1. The lowest BCUT2D eigenvalue weighted by Crippen LogP contribution is -2.06. The molecule has 0 N–H and O–H groups in total. The molecular formula is C31H28O2. The third-order valence-electron chi connectivity index (χ3n) is 6.61. The lowest BCUT2D eigenvalue weighted by atomic mass is 9.83. The molecule has 0 saturated carbocycles. The van der Waals surface area contributed by atoms with Crippen LogP contribution in [0.5, 0.6) is 5.75 Å². The van der Waals surface area contributed by atoms with Gasteiger partial charge in [-0.25, -0.2) is 0 Å². The van der Waals surface area contributed by atoms with E-state index < -0.39 is 0 Å². The summed E-state index contributed by atoms with van der Waals surface area (Å²) >= 11 is 0. The number of carbonyl (C=O) groups is 1. The van der Waals surface area contributed by atoms with Gasteiger partial charge >= 0.3 is 0 Å². The minimum absolute atomic E-state index is 0.0925. The highest BCUT2D eigenvalue weighted by atomic mass is 16.5. The fraction of sp³-hybridized carbons (Fsp3) is 0.194. The summed E-state index contributed by atoms with van der Waals surface area (Å²) in [7, 11) is 1.73. The van der Waals surface area contributed by atoms with Crippen LogP contribution < -0.4 is 4.74 Å². The van der Waals surface area contributed by atoms with E-state index in [0.29, 0.717) is 6.42 Å². The Bertz CT molecular complexity index is 1350. The van der Waals surface area contributed by atoms with Gasteiger partial charge in [-0.3, -0.25) is 4.79 Å². The molecule has 0 aliphatic heterocycles. The first-order valence-corrected chi connectivity index (χ1v) is 11.6. The van der Waals surface area contributed by atoms with E-state index in [1.807, 2.05) is 6.07 Å². The molecule has 0 amide bonds. The zero-order chi connectivity index (χ0) is 22.8. The number of rotatable bonds is 7. The predicted octanol–water partition coefficient (Wildman–Crippen LogP) is 7.14. The molecule has 2 heteroatoms. The molecule has 0 spiro atoms. The molecule has 33 heavy (non-hydrogen) atoms. The second-order valence-corrected chi connectivity index (χ2v) is 8.88. The fourth-order valence-corrected chi connectivity index (χ4v) is 5.16. The minimum atomic E-state index is 0.0925. The van der Waals surface area contributed by atoms with Crippen LogP contribution in [0.3, 0.4) is 0 Å². The normalized spacial score (nSPS) is 14.7. The Morgan fingerprint density at radius 3 is 2.42 bits per heavy atom. The van der Waals surface area contributed by atoms with Crippen LogP contribution in [0.2, 0.25) is 0 Å². The van der Waals surface area contributed by atoms with E-state index in [0.717, 1.165) is 24.0 Å². The van der Waals surface area contributed by atoms with Crippen molar-refractivity contribution in [2.45, 2.75) is 32.1 Å². The summed E-state index contributed by atoms with van der Waals surface area (Å²) in [5.41, 5.74) is 7.54. The van der Waals surface area contributed by atoms with Gasteiger partial charge in [0.25, 0.3) is 0 Å². The predicted molar refractivity (Wildman–Crippen MR) is 136 cm³/mol. The Morgan fingerprint density at radius 1 is 0.848 bits per heavy atom. The Kier molecular flexibility index (Phi) is 5.83. The number of ketones is 1. The number of benzene rings is 4. The van der Waals surface area contributed by atoms with Gasteiger partial charge in [-0.1, -0.05) is 84.4 Å². The van der Waals surface area contributed by atoms with Crippen molar-refractivity contribution in [2.24, 2.45) is 0 Å². The summed E-state index contributed by atoms with van der Waals surface area (Å²) in [4.78, 5) is 12.1. The number of hydrogen-bond donors (Lipinski definition) is 0. The van der Waals surface area contributed by atoms with Gasteiger partial charge in [0.2, 0.25) is 0 Å². The van der Waals surface area contributed by atoms with Crippen molar-refractivity contribution >= 4 is 22.6 Å². The van der Waals surface area contributed by atoms with E-state index in [1.165, 1.54) is 38.8 Å². The molecule has 1 unspecified atom stereocenters. The molecule has 5 rings (SSSR count). The first-order valence-electron chi connectivity index (χ1n) is 11.6. The van der Waals surface area contributed by atoms with Gasteiger partial charge in [-0.05, 0) is 65.1 Å². The van der Waals surface area contributed by atoms with Crippen LogP contribution in [-0.4, -0.2) is 12.9 Å². The van der Waals surface area contributed by atoms with Crippen molar-refractivity contribution < 1.29 is 9.53 Å². The number of methoxy groups -OCH3 is 1. The molecule has 0 aromatic heterocycles. The number of fused-ring (bicyclic) bond motifs is 2. The van der Waals surface area contributed by atoms with E-state index in [9.17, 15) is 4.79 Å². The molecular weight excluding hydrogens is 404 g/mol. The van der Waals surface area contributed by atoms with E-state index in [1.54, 1.807) is 14.0 Å². The van der Waals surface area contributed by atoms with E-state index in [2.05, 4.69) is 84.9 Å². The summed E-state index contributed by atoms with van der Waals surface area (Å²) < 4.78 is 5.76. The number of Topliss-reactive ketones (excluding diaryl/α,β-unsaturated/α-hetero) is 1. The molecule has 0 radical (unpaired) electrons. The van der Waals surface area contributed by atoms with Crippen LogP contribution in [0.4, 0.5) is 0 Å². The standard InChI is InChI=1S/C31H28O2/c1-21(32)17-25-18-23-11-6-7-12-28(23)31(25)26-19-24(16-15-22-9-4-3-5-10-22)27-13-8-14-30(33-2)29(27)20-26/h3-14,18-20,31H,15-17H2,1-2H3. The maximum absolute atomic E-state index is 12.1. The second kappa shape index (κ2) is 9.07. The molecule has 1 aliphatic rings. The van der Waals surface area contributed by atoms with Crippen LogP contribution in [-0.2, 0) is 17.6 Å². The quantitative estimate of drug-likeness (QED) is 0.310. The van der Waals surface area contributed by atoms with Crippen LogP contribution in [0.1, 0.15) is 47.1 Å². The summed E-state index contributed by atoms with van der Waals surface area (Å²) in [5.74, 6) is 1.18. The van der Waals surface area contributed by atoms with E-state index in [-0.39, 0.29) is 11.7 Å². The van der Waals surface area contributed by atoms with Crippen LogP contribution >= 0.6 is 0 Å². The summed E-state index contributed by atoms with van der Waals surface area (Å²) in [5, 5.41) is 2.37. The maximum Gasteiger partial charge on any atom is 0.133 e. The zero-order valence-corrected chi connectivity index (χ0v) is 19.2. The number of hydrogen-bond acceptors (Lipinski definition) is 2. The summed E-state index contributed by atoms with van der Waals surface area (Å²) in [6.45, 7) is 1.68. The molecule has 4 aromatic rings. The highest BCUT2D eigenvalue weighted by Crippen LogP contribution is 2.44. The molecule has 0 bridgehead atoms. The lowest BCUT2D eigenvalue weighted by molar-refractivity contribution is -0.116. The molecule has 1 aliphatic carbocycles. The highest BCUT2D eigenvalue weighted by molar-refractivity contribution is 5.92. The van der Waals surface area contributed by atoms with E-state index in [4.69, 9.17) is 4.74 Å². The molecule has 164 valence electrons. The Morgan fingerprint density at radius 2 is 1.64 bits per heavy atom. The third kappa shape index (κ3) is 4.21. The fourth-order valence-electron chi connectivity index (χ4n) is 5.16. The molecule has 4 aromatic carbocycles. The largest absolute Gasteiger partial charge is 0.496 e. The summed E-state index contributed by atoms with van der Waals surface area (Å²) in [6, 6.07) is 30.0. The van der Waals surface area contributed by atoms with Gasteiger partial charge in [0, 0.05) is 17.7 Å². The topological polar surface area (TPSA) is 26.3 Å². The van der Waals surface area contributed by atoms with Crippen molar-refractivity contribution in [2.75, 3.05) is 7.11 Å². The molecule has 0 heterocycles. The molecule has 0 saturated heterocycles. The molecule has 0 fully saturated rings. The highest BCUT2D eigenvalue weighted by Gasteiger charge is 2.28. The second-order valence-electron chi connectivity index (χ2n) is 8.88. The van der Waals surface area contributed by atoms with Gasteiger partial charge in [0.1, 0.15) is 11.5 Å². The summed E-state index contributed by atoms with van der Waals surface area (Å²) in [6.07, 6.45) is 4.61. The van der Waals surface area contributed by atoms with Crippen molar-refractivity contribution in [3.8, 4) is 5.75 Å². The average molecular weight is 433 g/mol. The van der Waals surface area contributed by atoms with Gasteiger partial charge in [-0.15, -0.1) is 0 Å². The number of ether oxygens (including phenoxy) is 1. The Labute approximate surface area is 195 Å². The first-order chi connectivity index (χ1) is 16.1. The SMILES string of the molecule is COc1cccc2c(CCc3ccccc3)cc(C3C(CC(C)=O)=Cc4ccccc43)cc12. The van der Waals surface area contributed by atoms with Gasteiger partial charge < -0.3 is 4.74 Å². The average Bonchev–Trinajstić information content (AvgIpc) is 3.19. The number of aryl methyl sites for hydroxylation is 2. The van der Waals surface area contributed by atoms with Crippen molar-refractivity contribution in [1.29, 1.82) is 0 Å².